The lowest BCUT2D eigenvalue weighted by Crippen LogP contribution is -2.34. The van der Waals surface area contributed by atoms with Crippen molar-refractivity contribution in [1.82, 2.24) is 4.90 Å². The van der Waals surface area contributed by atoms with Crippen molar-refractivity contribution >= 4 is 23.4 Å². The predicted octanol–water partition coefficient (Wildman–Crippen LogP) is 5.05. The van der Waals surface area contributed by atoms with Crippen LogP contribution >= 0.6 is 11.8 Å². The fourth-order valence-corrected chi connectivity index (χ4v) is 4.85. The number of carbonyl (C=O) groups excluding carboxylic acids is 1. The van der Waals surface area contributed by atoms with Gasteiger partial charge in [-0.2, -0.15) is 11.8 Å². The monoisotopic (exact) mass is 416 g/mol. The quantitative estimate of drug-likeness (QED) is 0.585. The highest BCUT2D eigenvalue weighted by molar-refractivity contribution is 7.99. The Labute approximate surface area is 183 Å². The summed E-state index contributed by atoms with van der Waals surface area (Å²) < 4.78 is 0. The van der Waals surface area contributed by atoms with Crippen LogP contribution < -0.4 is 5.32 Å². The van der Waals surface area contributed by atoms with Crippen molar-refractivity contribution in [3.63, 3.8) is 0 Å². The zero-order chi connectivity index (χ0) is 20.6. The molecule has 4 rings (SSSR count). The first-order valence-electron chi connectivity index (χ1n) is 10.6. The molecule has 0 saturated carbocycles. The molecule has 1 aliphatic heterocycles. The molecule has 0 bridgehead atoms. The number of hydrogen-bond acceptors (Lipinski definition) is 3. The van der Waals surface area contributed by atoms with E-state index in [0.29, 0.717) is 0 Å². The van der Waals surface area contributed by atoms with Gasteiger partial charge in [-0.05, 0) is 35.2 Å². The number of anilines is 1. The number of nitrogens with one attached hydrogen (secondary N) is 1. The predicted molar refractivity (Wildman–Crippen MR) is 127 cm³/mol. The van der Waals surface area contributed by atoms with E-state index in [1.807, 2.05) is 84.6 Å². The van der Waals surface area contributed by atoms with E-state index < -0.39 is 0 Å². The van der Waals surface area contributed by atoms with Gasteiger partial charge < -0.3 is 10.2 Å². The molecule has 0 aromatic heterocycles. The van der Waals surface area contributed by atoms with Gasteiger partial charge in [0.2, 0.25) is 5.91 Å². The Morgan fingerprint density at radius 3 is 1.97 bits per heavy atom. The summed E-state index contributed by atoms with van der Waals surface area (Å²) >= 11 is 2.05. The van der Waals surface area contributed by atoms with Gasteiger partial charge in [-0.25, -0.2) is 0 Å². The molecule has 1 heterocycles. The SMILES string of the molecule is O=C(Nc1ccc(CCN2CCSCC2)cc1)C(c1ccccc1)c1ccccc1. The van der Waals surface area contributed by atoms with Gasteiger partial charge in [0, 0.05) is 36.8 Å². The molecule has 1 amide bonds. The summed E-state index contributed by atoms with van der Waals surface area (Å²) in [6.45, 7) is 3.49. The van der Waals surface area contributed by atoms with Gasteiger partial charge in [0.25, 0.3) is 0 Å². The summed E-state index contributed by atoms with van der Waals surface area (Å²) in [5.74, 6) is 2.15. The minimum absolute atomic E-state index is 0.00836. The van der Waals surface area contributed by atoms with Crippen LogP contribution in [-0.4, -0.2) is 41.9 Å². The number of amides is 1. The van der Waals surface area contributed by atoms with Crippen LogP contribution in [-0.2, 0) is 11.2 Å². The molecule has 0 radical (unpaired) electrons. The maximum Gasteiger partial charge on any atom is 0.236 e. The Morgan fingerprint density at radius 2 is 1.40 bits per heavy atom. The standard InChI is InChI=1S/C26H28N2OS/c29-26(25(22-7-3-1-4-8-22)23-9-5-2-6-10-23)27-24-13-11-21(12-14-24)15-16-28-17-19-30-20-18-28/h1-14,25H,15-20H2,(H,27,29). The molecule has 3 aromatic rings. The molecule has 0 spiro atoms. The maximum atomic E-state index is 13.2. The summed E-state index contributed by atoms with van der Waals surface area (Å²) in [4.78, 5) is 15.7. The molecular weight excluding hydrogens is 388 g/mol. The van der Waals surface area contributed by atoms with Crippen LogP contribution in [0.4, 0.5) is 5.69 Å². The van der Waals surface area contributed by atoms with Gasteiger partial charge >= 0.3 is 0 Å². The van der Waals surface area contributed by atoms with Crippen molar-refractivity contribution < 1.29 is 4.79 Å². The second-order valence-electron chi connectivity index (χ2n) is 7.64. The van der Waals surface area contributed by atoms with Crippen LogP contribution in [0.3, 0.4) is 0 Å². The molecule has 0 unspecified atom stereocenters. The highest BCUT2D eigenvalue weighted by Crippen LogP contribution is 2.26. The number of hydrogen-bond donors (Lipinski definition) is 1. The van der Waals surface area contributed by atoms with Gasteiger partial charge in [0.05, 0.1) is 5.92 Å². The summed E-state index contributed by atoms with van der Waals surface area (Å²) in [5, 5.41) is 3.12. The van der Waals surface area contributed by atoms with Crippen LogP contribution in [0.2, 0.25) is 0 Å². The molecular formula is C26H28N2OS. The van der Waals surface area contributed by atoms with E-state index in [2.05, 4.69) is 22.3 Å². The first-order valence-corrected chi connectivity index (χ1v) is 11.7. The lowest BCUT2D eigenvalue weighted by Gasteiger charge is -2.26. The Morgan fingerprint density at radius 1 is 0.833 bits per heavy atom. The molecule has 1 fully saturated rings. The van der Waals surface area contributed by atoms with Gasteiger partial charge in [0.15, 0.2) is 0 Å². The lowest BCUT2D eigenvalue weighted by atomic mass is 9.90. The van der Waals surface area contributed by atoms with E-state index in [0.717, 1.165) is 29.8 Å². The average Bonchev–Trinajstić information content (AvgIpc) is 2.81. The van der Waals surface area contributed by atoms with Crippen molar-refractivity contribution in [3.8, 4) is 0 Å². The van der Waals surface area contributed by atoms with E-state index in [4.69, 9.17) is 0 Å². The fourth-order valence-electron chi connectivity index (χ4n) is 3.87. The van der Waals surface area contributed by atoms with Crippen molar-refractivity contribution in [2.24, 2.45) is 0 Å². The van der Waals surface area contributed by atoms with E-state index >= 15 is 0 Å². The Hall–Kier alpha value is -2.56. The molecule has 1 aliphatic rings. The van der Waals surface area contributed by atoms with Crippen molar-refractivity contribution in [2.75, 3.05) is 36.5 Å². The number of benzene rings is 3. The molecule has 0 aliphatic carbocycles. The van der Waals surface area contributed by atoms with E-state index in [1.165, 1.54) is 30.2 Å². The molecule has 154 valence electrons. The van der Waals surface area contributed by atoms with Crippen molar-refractivity contribution in [1.29, 1.82) is 0 Å². The zero-order valence-electron chi connectivity index (χ0n) is 17.2. The Kier molecular flexibility index (Phi) is 7.22. The summed E-state index contributed by atoms with van der Waals surface area (Å²) in [6.07, 6.45) is 1.05. The summed E-state index contributed by atoms with van der Waals surface area (Å²) in [7, 11) is 0. The minimum Gasteiger partial charge on any atom is -0.325 e. The van der Waals surface area contributed by atoms with Gasteiger partial charge in [-0.3, -0.25) is 4.79 Å². The molecule has 3 nitrogen and oxygen atoms in total. The van der Waals surface area contributed by atoms with Gasteiger partial charge in [0.1, 0.15) is 0 Å². The summed E-state index contributed by atoms with van der Waals surface area (Å²) in [6, 6.07) is 28.2. The normalized spacial score (nSPS) is 14.6. The summed E-state index contributed by atoms with van der Waals surface area (Å²) in [5.41, 5.74) is 4.15. The lowest BCUT2D eigenvalue weighted by molar-refractivity contribution is -0.116. The second kappa shape index (κ2) is 10.5. The van der Waals surface area contributed by atoms with Gasteiger partial charge in [-0.1, -0.05) is 72.8 Å². The van der Waals surface area contributed by atoms with Crippen LogP contribution in [0, 0.1) is 0 Å². The third-order valence-corrected chi connectivity index (χ3v) is 6.51. The second-order valence-corrected chi connectivity index (χ2v) is 8.87. The van der Waals surface area contributed by atoms with Crippen LogP contribution in [0.15, 0.2) is 84.9 Å². The van der Waals surface area contributed by atoms with Crippen molar-refractivity contribution in [2.45, 2.75) is 12.3 Å². The highest BCUT2D eigenvalue weighted by Gasteiger charge is 2.22. The average molecular weight is 417 g/mol. The highest BCUT2D eigenvalue weighted by atomic mass is 32.2. The first kappa shape index (κ1) is 20.7. The van der Waals surface area contributed by atoms with Crippen LogP contribution in [0.25, 0.3) is 0 Å². The number of rotatable bonds is 7. The topological polar surface area (TPSA) is 32.3 Å². The van der Waals surface area contributed by atoms with Crippen molar-refractivity contribution in [3.05, 3.63) is 102 Å². The van der Waals surface area contributed by atoms with E-state index in [9.17, 15) is 4.79 Å². The first-order chi connectivity index (χ1) is 14.8. The largest absolute Gasteiger partial charge is 0.325 e. The third-order valence-electron chi connectivity index (χ3n) is 5.57. The Balaban J connectivity index is 1.42. The Bertz CT molecular complexity index is 883. The third kappa shape index (κ3) is 5.53. The van der Waals surface area contributed by atoms with E-state index in [1.54, 1.807) is 0 Å². The minimum atomic E-state index is -0.330. The molecule has 3 aromatic carbocycles. The van der Waals surface area contributed by atoms with Gasteiger partial charge in [-0.15, -0.1) is 0 Å². The van der Waals surface area contributed by atoms with Crippen LogP contribution in [0.5, 0.6) is 0 Å². The number of carbonyl (C=O) groups is 1. The molecule has 4 heteroatoms. The number of thioether (sulfide) groups is 1. The maximum absolute atomic E-state index is 13.2. The zero-order valence-corrected chi connectivity index (χ0v) is 18.0. The molecule has 0 atom stereocenters. The molecule has 1 saturated heterocycles. The van der Waals surface area contributed by atoms with Crippen LogP contribution in [0.1, 0.15) is 22.6 Å². The fraction of sp³-hybridized carbons (Fsp3) is 0.269. The molecule has 30 heavy (non-hydrogen) atoms. The number of nitrogens with zero attached hydrogens (tertiary/aromatic N) is 1. The van der Waals surface area contributed by atoms with E-state index in [-0.39, 0.29) is 11.8 Å². The molecule has 1 N–H and O–H groups in total. The smallest absolute Gasteiger partial charge is 0.236 e.